The van der Waals surface area contributed by atoms with Crippen molar-refractivity contribution in [1.82, 2.24) is 19.8 Å². The lowest BCUT2D eigenvalue weighted by molar-refractivity contribution is -0.385. The van der Waals surface area contributed by atoms with Gasteiger partial charge in [0.1, 0.15) is 11.4 Å². The number of nitrogens with zero attached hydrogens (tertiary/aromatic N) is 5. The van der Waals surface area contributed by atoms with Crippen LogP contribution in [0, 0.1) is 17.0 Å². The molecule has 0 aliphatic carbocycles. The first-order chi connectivity index (χ1) is 12.0. The highest BCUT2D eigenvalue weighted by atomic mass is 16.6. The van der Waals surface area contributed by atoms with Crippen molar-refractivity contribution < 1.29 is 9.66 Å². The SMILES string of the molecule is COc1ccccc1-n1nnn(Cc2ccc([N+](=O)[O-])c(C)c2)c1=O. The molecule has 0 spiro atoms. The largest absolute Gasteiger partial charge is 0.494 e. The number of aromatic nitrogens is 4. The minimum Gasteiger partial charge on any atom is -0.494 e. The number of para-hydroxylation sites is 2. The monoisotopic (exact) mass is 341 g/mol. The third-order valence-electron chi connectivity index (χ3n) is 3.74. The maximum absolute atomic E-state index is 12.5. The smallest absolute Gasteiger partial charge is 0.368 e. The van der Waals surface area contributed by atoms with Gasteiger partial charge in [-0.1, -0.05) is 18.2 Å². The summed E-state index contributed by atoms with van der Waals surface area (Å²) in [5, 5.41) is 18.6. The average molecular weight is 341 g/mol. The van der Waals surface area contributed by atoms with E-state index in [1.54, 1.807) is 43.3 Å². The normalized spacial score (nSPS) is 10.6. The van der Waals surface area contributed by atoms with Gasteiger partial charge < -0.3 is 4.74 Å². The second-order valence-electron chi connectivity index (χ2n) is 5.38. The van der Waals surface area contributed by atoms with Gasteiger partial charge in [0, 0.05) is 11.6 Å². The molecule has 0 aliphatic rings. The summed E-state index contributed by atoms with van der Waals surface area (Å²) in [7, 11) is 1.51. The average Bonchev–Trinajstić information content (AvgIpc) is 2.95. The van der Waals surface area contributed by atoms with Gasteiger partial charge in [-0.05, 0) is 41.1 Å². The summed E-state index contributed by atoms with van der Waals surface area (Å²) >= 11 is 0. The highest BCUT2D eigenvalue weighted by Crippen LogP contribution is 2.20. The van der Waals surface area contributed by atoms with Gasteiger partial charge in [-0.25, -0.2) is 4.79 Å². The molecule has 3 rings (SSSR count). The predicted octanol–water partition coefficient (Wildman–Crippen LogP) is 1.70. The second-order valence-corrected chi connectivity index (χ2v) is 5.38. The van der Waals surface area contributed by atoms with Crippen LogP contribution in [0.4, 0.5) is 5.69 Å². The Morgan fingerprint density at radius 3 is 2.64 bits per heavy atom. The number of methoxy groups -OCH3 is 1. The summed E-state index contributed by atoms with van der Waals surface area (Å²) in [4.78, 5) is 23.0. The first kappa shape index (κ1) is 16.4. The number of hydrogen-bond acceptors (Lipinski definition) is 6. The molecule has 0 saturated heterocycles. The van der Waals surface area contributed by atoms with Crippen molar-refractivity contribution in [3.05, 3.63) is 74.2 Å². The van der Waals surface area contributed by atoms with Gasteiger partial charge >= 0.3 is 5.69 Å². The Labute approximate surface area is 142 Å². The number of tetrazole rings is 1. The van der Waals surface area contributed by atoms with E-state index >= 15 is 0 Å². The van der Waals surface area contributed by atoms with E-state index in [1.807, 2.05) is 0 Å². The molecule has 0 amide bonds. The minimum atomic E-state index is -0.441. The highest BCUT2D eigenvalue weighted by Gasteiger charge is 2.15. The zero-order chi connectivity index (χ0) is 18.0. The molecule has 2 aromatic carbocycles. The number of hydrogen-bond donors (Lipinski definition) is 0. The lowest BCUT2D eigenvalue weighted by Crippen LogP contribution is -2.25. The zero-order valence-corrected chi connectivity index (χ0v) is 13.6. The summed E-state index contributed by atoms with van der Waals surface area (Å²) in [6, 6.07) is 11.7. The van der Waals surface area contributed by atoms with Gasteiger partial charge in [-0.15, -0.1) is 0 Å². The summed E-state index contributed by atoms with van der Waals surface area (Å²) < 4.78 is 7.57. The van der Waals surface area contributed by atoms with Crippen molar-refractivity contribution in [1.29, 1.82) is 0 Å². The molecule has 0 N–H and O–H groups in total. The van der Waals surface area contributed by atoms with Gasteiger partial charge in [0.25, 0.3) is 5.69 Å². The quantitative estimate of drug-likeness (QED) is 0.517. The lowest BCUT2D eigenvalue weighted by Gasteiger charge is -2.05. The molecule has 0 unspecified atom stereocenters. The van der Waals surface area contributed by atoms with Gasteiger partial charge in [-0.3, -0.25) is 10.1 Å². The van der Waals surface area contributed by atoms with Gasteiger partial charge in [0.05, 0.1) is 18.6 Å². The Kier molecular flexibility index (Phi) is 4.29. The van der Waals surface area contributed by atoms with Crippen LogP contribution in [0.5, 0.6) is 5.75 Å². The number of ether oxygens (including phenoxy) is 1. The van der Waals surface area contributed by atoms with E-state index in [0.29, 0.717) is 17.0 Å². The van der Waals surface area contributed by atoms with Crippen LogP contribution < -0.4 is 10.4 Å². The Morgan fingerprint density at radius 1 is 1.20 bits per heavy atom. The van der Waals surface area contributed by atoms with Crippen LogP contribution in [0.15, 0.2) is 47.3 Å². The first-order valence-electron chi connectivity index (χ1n) is 7.41. The summed E-state index contributed by atoms with van der Waals surface area (Å²) in [5.74, 6) is 0.503. The summed E-state index contributed by atoms with van der Waals surface area (Å²) in [5.41, 5.74) is 1.33. The Balaban J connectivity index is 1.93. The van der Waals surface area contributed by atoms with Crippen LogP contribution in [-0.4, -0.2) is 31.8 Å². The molecule has 0 radical (unpaired) electrons. The highest BCUT2D eigenvalue weighted by molar-refractivity contribution is 5.45. The molecule has 0 atom stereocenters. The fourth-order valence-electron chi connectivity index (χ4n) is 2.52. The van der Waals surface area contributed by atoms with Gasteiger partial charge in [0.2, 0.25) is 0 Å². The van der Waals surface area contributed by atoms with Crippen LogP contribution in [0.3, 0.4) is 0 Å². The van der Waals surface area contributed by atoms with Crippen molar-refractivity contribution in [3.8, 4) is 11.4 Å². The van der Waals surface area contributed by atoms with Crippen LogP contribution in [-0.2, 0) is 6.54 Å². The Bertz CT molecular complexity index is 992. The van der Waals surface area contributed by atoms with E-state index in [2.05, 4.69) is 10.4 Å². The van der Waals surface area contributed by atoms with Crippen LogP contribution in [0.25, 0.3) is 5.69 Å². The molecule has 0 fully saturated rings. The third kappa shape index (κ3) is 3.11. The molecule has 9 heteroatoms. The molecule has 1 aromatic heterocycles. The predicted molar refractivity (Wildman–Crippen MR) is 89.1 cm³/mol. The van der Waals surface area contributed by atoms with E-state index in [1.165, 1.54) is 17.9 Å². The van der Waals surface area contributed by atoms with Crippen molar-refractivity contribution in [2.75, 3.05) is 7.11 Å². The molecular weight excluding hydrogens is 326 g/mol. The molecule has 25 heavy (non-hydrogen) atoms. The van der Waals surface area contributed by atoms with Crippen molar-refractivity contribution in [2.24, 2.45) is 0 Å². The van der Waals surface area contributed by atoms with E-state index < -0.39 is 10.6 Å². The molecule has 0 saturated carbocycles. The number of nitro groups is 1. The van der Waals surface area contributed by atoms with Gasteiger partial charge in [0.15, 0.2) is 0 Å². The van der Waals surface area contributed by atoms with E-state index in [9.17, 15) is 14.9 Å². The molecule has 128 valence electrons. The fraction of sp³-hybridized carbons (Fsp3) is 0.188. The van der Waals surface area contributed by atoms with E-state index in [-0.39, 0.29) is 12.2 Å². The molecule has 1 heterocycles. The number of aryl methyl sites for hydroxylation is 1. The molecular formula is C16H15N5O4. The van der Waals surface area contributed by atoms with E-state index in [0.717, 1.165) is 10.2 Å². The topological polar surface area (TPSA) is 105 Å². The Hall–Kier alpha value is -3.49. The lowest BCUT2D eigenvalue weighted by atomic mass is 10.1. The zero-order valence-electron chi connectivity index (χ0n) is 13.6. The fourth-order valence-corrected chi connectivity index (χ4v) is 2.52. The molecule has 9 nitrogen and oxygen atoms in total. The van der Waals surface area contributed by atoms with E-state index in [4.69, 9.17) is 4.74 Å². The van der Waals surface area contributed by atoms with Crippen molar-refractivity contribution >= 4 is 5.69 Å². The maximum atomic E-state index is 12.5. The molecule has 3 aromatic rings. The first-order valence-corrected chi connectivity index (χ1v) is 7.41. The third-order valence-corrected chi connectivity index (χ3v) is 3.74. The number of rotatable bonds is 5. The molecule has 0 aliphatic heterocycles. The Morgan fingerprint density at radius 2 is 1.96 bits per heavy atom. The van der Waals surface area contributed by atoms with Crippen LogP contribution in [0.1, 0.15) is 11.1 Å². The van der Waals surface area contributed by atoms with Crippen LogP contribution in [0.2, 0.25) is 0 Å². The van der Waals surface area contributed by atoms with Crippen molar-refractivity contribution in [3.63, 3.8) is 0 Å². The second kappa shape index (κ2) is 6.56. The maximum Gasteiger partial charge on any atom is 0.368 e. The molecule has 0 bridgehead atoms. The van der Waals surface area contributed by atoms with Crippen LogP contribution >= 0.6 is 0 Å². The summed E-state index contributed by atoms with van der Waals surface area (Å²) in [6.45, 7) is 1.81. The number of benzene rings is 2. The summed E-state index contributed by atoms with van der Waals surface area (Å²) in [6.07, 6.45) is 0. The standard InChI is InChI=1S/C16H15N5O4/c1-11-9-12(7-8-13(11)21(23)24)10-19-16(22)20(18-17-19)14-5-3-4-6-15(14)25-2/h3-9H,10H2,1-2H3. The number of nitro benzene ring substituents is 1. The van der Waals surface area contributed by atoms with Crippen molar-refractivity contribution in [2.45, 2.75) is 13.5 Å². The van der Waals surface area contributed by atoms with Gasteiger partial charge in [-0.2, -0.15) is 9.36 Å². The minimum absolute atomic E-state index is 0.0359.